The average molecular weight is 154 g/mol. The summed E-state index contributed by atoms with van der Waals surface area (Å²) in [6.45, 7) is 4.32. The third-order valence-corrected chi connectivity index (χ3v) is 3.71. The summed E-state index contributed by atoms with van der Waals surface area (Å²) in [4.78, 5) is 0. The Labute approximate surface area is 66.9 Å². The second-order valence-corrected chi connectivity index (χ2v) is 4.41. The summed E-state index contributed by atoms with van der Waals surface area (Å²) in [7, 11) is 0. The van der Waals surface area contributed by atoms with E-state index in [0.29, 0.717) is 17.6 Å². The third-order valence-electron chi connectivity index (χ3n) is 3.71. The van der Waals surface area contributed by atoms with E-state index in [2.05, 4.69) is 6.92 Å². The molecule has 3 atom stereocenters. The number of hydrogen-bond donors (Lipinski definition) is 0. The van der Waals surface area contributed by atoms with Crippen LogP contribution in [0, 0.1) is 11.3 Å². The van der Waals surface area contributed by atoms with Crippen molar-refractivity contribution in [2.24, 2.45) is 11.3 Å². The van der Waals surface area contributed by atoms with Gasteiger partial charge in [0, 0.05) is 5.41 Å². The molecule has 0 bridgehead atoms. The van der Waals surface area contributed by atoms with E-state index in [1.807, 2.05) is 0 Å². The van der Waals surface area contributed by atoms with Crippen molar-refractivity contribution in [1.82, 2.24) is 0 Å². The maximum atomic E-state index is 5.52. The lowest BCUT2D eigenvalue weighted by Crippen LogP contribution is -2.50. The lowest BCUT2D eigenvalue weighted by atomic mass is 9.66. The van der Waals surface area contributed by atoms with Gasteiger partial charge in [0.1, 0.15) is 0 Å². The molecule has 0 aromatic carbocycles. The Kier molecular flexibility index (Phi) is 1.06. The quantitative estimate of drug-likeness (QED) is 0.489. The molecular weight excluding hydrogens is 140 g/mol. The predicted octanol–water partition coefficient (Wildman–Crippen LogP) is 1.20. The molecule has 1 saturated carbocycles. The highest BCUT2D eigenvalue weighted by Gasteiger charge is 2.57. The Balaban J connectivity index is 1.81. The van der Waals surface area contributed by atoms with E-state index in [1.54, 1.807) is 0 Å². The Morgan fingerprint density at radius 1 is 1.27 bits per heavy atom. The van der Waals surface area contributed by atoms with Crippen LogP contribution >= 0.6 is 0 Å². The fourth-order valence-electron chi connectivity index (χ4n) is 2.53. The van der Waals surface area contributed by atoms with Crippen molar-refractivity contribution in [1.29, 1.82) is 0 Å². The van der Waals surface area contributed by atoms with Gasteiger partial charge in [-0.25, -0.2) is 0 Å². The van der Waals surface area contributed by atoms with Gasteiger partial charge in [0.2, 0.25) is 0 Å². The molecule has 0 aromatic heterocycles. The predicted molar refractivity (Wildman–Crippen MR) is 40.3 cm³/mol. The molecule has 3 unspecified atom stereocenters. The van der Waals surface area contributed by atoms with Crippen LogP contribution in [0.3, 0.4) is 0 Å². The van der Waals surface area contributed by atoms with Crippen molar-refractivity contribution >= 4 is 0 Å². The van der Waals surface area contributed by atoms with Gasteiger partial charge >= 0.3 is 0 Å². The molecule has 62 valence electrons. The van der Waals surface area contributed by atoms with Crippen LogP contribution in [0.2, 0.25) is 0 Å². The first-order valence-electron chi connectivity index (χ1n) is 4.53. The Bertz CT molecular complexity index is 186. The van der Waals surface area contributed by atoms with Crippen LogP contribution < -0.4 is 0 Å². The number of ether oxygens (including phenoxy) is 2. The van der Waals surface area contributed by atoms with Crippen molar-refractivity contribution in [3.05, 3.63) is 0 Å². The van der Waals surface area contributed by atoms with Crippen molar-refractivity contribution in [2.45, 2.75) is 32.0 Å². The molecule has 11 heavy (non-hydrogen) atoms. The zero-order chi connectivity index (χ0) is 7.47. The molecule has 0 radical (unpaired) electrons. The SMILES string of the molecule is CC1CC2OC2CC12COC2. The lowest BCUT2D eigenvalue weighted by Gasteiger charge is -2.47. The van der Waals surface area contributed by atoms with Gasteiger partial charge in [-0.1, -0.05) is 6.92 Å². The number of hydrogen-bond acceptors (Lipinski definition) is 2. The minimum Gasteiger partial charge on any atom is -0.380 e. The fourth-order valence-corrected chi connectivity index (χ4v) is 2.53. The van der Waals surface area contributed by atoms with Gasteiger partial charge in [-0.05, 0) is 18.8 Å². The normalized spacial score (nSPS) is 51.5. The van der Waals surface area contributed by atoms with Gasteiger partial charge in [0.05, 0.1) is 25.4 Å². The third kappa shape index (κ3) is 0.744. The van der Waals surface area contributed by atoms with Crippen molar-refractivity contribution < 1.29 is 9.47 Å². The molecular formula is C9H14O2. The maximum Gasteiger partial charge on any atom is 0.0849 e. The molecule has 3 fully saturated rings. The molecule has 1 aliphatic carbocycles. The number of rotatable bonds is 0. The second-order valence-electron chi connectivity index (χ2n) is 4.41. The van der Waals surface area contributed by atoms with E-state index in [4.69, 9.17) is 9.47 Å². The van der Waals surface area contributed by atoms with Gasteiger partial charge < -0.3 is 9.47 Å². The van der Waals surface area contributed by atoms with Crippen LogP contribution in [0.15, 0.2) is 0 Å². The number of fused-ring (bicyclic) bond motifs is 1. The lowest BCUT2D eigenvalue weighted by molar-refractivity contribution is -0.153. The van der Waals surface area contributed by atoms with Crippen LogP contribution in [0.25, 0.3) is 0 Å². The molecule has 2 aliphatic heterocycles. The molecule has 2 heterocycles. The summed E-state index contributed by atoms with van der Waals surface area (Å²) in [5.74, 6) is 0.819. The first-order chi connectivity index (χ1) is 5.30. The molecule has 0 amide bonds. The summed E-state index contributed by atoms with van der Waals surface area (Å²) in [6.07, 6.45) is 3.76. The fraction of sp³-hybridized carbons (Fsp3) is 1.00. The van der Waals surface area contributed by atoms with Crippen LogP contribution in [-0.2, 0) is 9.47 Å². The first kappa shape index (κ1) is 6.44. The summed E-state index contributed by atoms with van der Waals surface area (Å²) in [5, 5.41) is 0. The zero-order valence-electron chi connectivity index (χ0n) is 6.88. The largest absolute Gasteiger partial charge is 0.380 e. The number of epoxide rings is 1. The van der Waals surface area contributed by atoms with E-state index in [9.17, 15) is 0 Å². The molecule has 2 saturated heterocycles. The molecule has 2 nitrogen and oxygen atoms in total. The zero-order valence-corrected chi connectivity index (χ0v) is 6.88. The average Bonchev–Trinajstić information content (AvgIpc) is 2.59. The van der Waals surface area contributed by atoms with E-state index in [0.717, 1.165) is 19.1 Å². The molecule has 0 N–H and O–H groups in total. The smallest absolute Gasteiger partial charge is 0.0849 e. The highest BCUT2D eigenvalue weighted by atomic mass is 16.6. The monoisotopic (exact) mass is 154 g/mol. The Hall–Kier alpha value is -0.0800. The van der Waals surface area contributed by atoms with Gasteiger partial charge in [0.15, 0.2) is 0 Å². The molecule has 0 aromatic rings. The first-order valence-corrected chi connectivity index (χ1v) is 4.53. The maximum absolute atomic E-state index is 5.52. The van der Waals surface area contributed by atoms with E-state index in [-0.39, 0.29) is 0 Å². The second kappa shape index (κ2) is 1.80. The standard InChI is InChI=1S/C9H14O2/c1-6-2-7-8(11-7)3-9(6)4-10-5-9/h6-8H,2-5H2,1H3. The van der Waals surface area contributed by atoms with Crippen molar-refractivity contribution in [3.63, 3.8) is 0 Å². The molecule has 3 aliphatic rings. The van der Waals surface area contributed by atoms with E-state index >= 15 is 0 Å². The highest BCUT2D eigenvalue weighted by Crippen LogP contribution is 2.53. The van der Waals surface area contributed by atoms with Gasteiger partial charge in [-0.3, -0.25) is 0 Å². The molecule has 2 heteroatoms. The van der Waals surface area contributed by atoms with Gasteiger partial charge in [-0.15, -0.1) is 0 Å². The molecule has 3 rings (SSSR count). The summed E-state index contributed by atoms with van der Waals surface area (Å²) in [5.41, 5.74) is 0.525. The highest BCUT2D eigenvalue weighted by molar-refractivity contribution is 5.04. The summed E-state index contributed by atoms with van der Waals surface area (Å²) in [6, 6.07) is 0. The minimum absolute atomic E-state index is 0.525. The van der Waals surface area contributed by atoms with Gasteiger partial charge in [0.25, 0.3) is 0 Å². The minimum atomic E-state index is 0.525. The Morgan fingerprint density at radius 3 is 2.73 bits per heavy atom. The topological polar surface area (TPSA) is 21.8 Å². The van der Waals surface area contributed by atoms with E-state index in [1.165, 1.54) is 12.8 Å². The van der Waals surface area contributed by atoms with Crippen LogP contribution in [0.4, 0.5) is 0 Å². The van der Waals surface area contributed by atoms with Crippen LogP contribution in [0.1, 0.15) is 19.8 Å². The van der Waals surface area contributed by atoms with Crippen molar-refractivity contribution in [3.8, 4) is 0 Å². The van der Waals surface area contributed by atoms with Crippen LogP contribution in [0.5, 0.6) is 0 Å². The van der Waals surface area contributed by atoms with E-state index < -0.39 is 0 Å². The van der Waals surface area contributed by atoms with Gasteiger partial charge in [-0.2, -0.15) is 0 Å². The summed E-state index contributed by atoms with van der Waals surface area (Å²) >= 11 is 0. The van der Waals surface area contributed by atoms with Crippen LogP contribution in [-0.4, -0.2) is 25.4 Å². The Morgan fingerprint density at radius 2 is 2.09 bits per heavy atom. The summed E-state index contributed by atoms with van der Waals surface area (Å²) < 4.78 is 10.8. The molecule has 1 spiro atoms. The van der Waals surface area contributed by atoms with Crippen molar-refractivity contribution in [2.75, 3.05) is 13.2 Å².